The van der Waals surface area contributed by atoms with Crippen LogP contribution in [-0.2, 0) is 20.9 Å². The molecule has 0 saturated heterocycles. The molecule has 1 amide bonds. The molecule has 0 aliphatic heterocycles. The monoisotopic (exact) mass is 407 g/mol. The molecule has 0 aliphatic carbocycles. The van der Waals surface area contributed by atoms with Gasteiger partial charge in [-0.15, -0.1) is 0 Å². The number of para-hydroxylation sites is 1. The van der Waals surface area contributed by atoms with Gasteiger partial charge in [0.15, 0.2) is 6.10 Å². The van der Waals surface area contributed by atoms with Crippen molar-refractivity contribution in [1.82, 2.24) is 14.9 Å². The molecule has 2 aromatic carbocycles. The van der Waals surface area contributed by atoms with Gasteiger partial charge in [0.25, 0.3) is 11.5 Å². The molecule has 7 nitrogen and oxygen atoms in total. The highest BCUT2D eigenvalue weighted by atomic mass is 16.5. The summed E-state index contributed by atoms with van der Waals surface area (Å²) in [6, 6.07) is 16.8. The van der Waals surface area contributed by atoms with Crippen LogP contribution in [0.1, 0.15) is 31.7 Å². The number of hydrogen-bond donors (Lipinski definition) is 1. The number of amides is 1. The Labute approximate surface area is 174 Å². The molecule has 0 aliphatic rings. The average molecular weight is 407 g/mol. The molecule has 1 aromatic heterocycles. The van der Waals surface area contributed by atoms with E-state index in [4.69, 9.17) is 4.74 Å². The SMILES string of the molecule is CC[C@H](CNC(=O)[C@@H](C)OC(=O)Cn1cnc2ccccc2c1=O)c1ccccc1. The number of nitrogens with zero attached hydrogens (tertiary/aromatic N) is 2. The summed E-state index contributed by atoms with van der Waals surface area (Å²) < 4.78 is 6.39. The molecule has 3 rings (SSSR count). The Morgan fingerprint density at radius 2 is 1.80 bits per heavy atom. The van der Waals surface area contributed by atoms with Crippen molar-refractivity contribution in [2.45, 2.75) is 38.8 Å². The third kappa shape index (κ3) is 5.11. The summed E-state index contributed by atoms with van der Waals surface area (Å²) in [7, 11) is 0. The van der Waals surface area contributed by atoms with Crippen molar-refractivity contribution in [3.05, 3.63) is 76.8 Å². The lowest BCUT2D eigenvalue weighted by Crippen LogP contribution is -2.39. The van der Waals surface area contributed by atoms with Gasteiger partial charge in [-0.3, -0.25) is 19.0 Å². The maximum absolute atomic E-state index is 12.5. The number of nitrogens with one attached hydrogen (secondary N) is 1. The minimum atomic E-state index is -0.963. The van der Waals surface area contributed by atoms with E-state index in [2.05, 4.69) is 17.2 Å². The predicted molar refractivity (Wildman–Crippen MR) is 114 cm³/mol. The van der Waals surface area contributed by atoms with Gasteiger partial charge in [-0.25, -0.2) is 4.98 Å². The van der Waals surface area contributed by atoms with Gasteiger partial charge in [-0.05, 0) is 31.0 Å². The molecule has 30 heavy (non-hydrogen) atoms. The van der Waals surface area contributed by atoms with Gasteiger partial charge >= 0.3 is 5.97 Å². The molecule has 0 saturated carbocycles. The zero-order valence-corrected chi connectivity index (χ0v) is 17.1. The highest BCUT2D eigenvalue weighted by Gasteiger charge is 2.20. The average Bonchev–Trinajstić information content (AvgIpc) is 2.77. The van der Waals surface area contributed by atoms with Crippen molar-refractivity contribution in [3.63, 3.8) is 0 Å². The van der Waals surface area contributed by atoms with Gasteiger partial charge in [0.1, 0.15) is 6.54 Å². The Morgan fingerprint density at radius 3 is 2.53 bits per heavy atom. The van der Waals surface area contributed by atoms with Crippen LogP contribution >= 0.6 is 0 Å². The highest BCUT2D eigenvalue weighted by molar-refractivity contribution is 5.83. The first-order valence-corrected chi connectivity index (χ1v) is 9.96. The number of rotatable bonds is 8. The van der Waals surface area contributed by atoms with E-state index in [9.17, 15) is 14.4 Å². The summed E-state index contributed by atoms with van der Waals surface area (Å²) >= 11 is 0. The van der Waals surface area contributed by atoms with E-state index >= 15 is 0 Å². The van der Waals surface area contributed by atoms with E-state index in [1.165, 1.54) is 17.8 Å². The van der Waals surface area contributed by atoms with Gasteiger partial charge in [-0.1, -0.05) is 49.4 Å². The van der Waals surface area contributed by atoms with E-state index in [-0.39, 0.29) is 23.9 Å². The van der Waals surface area contributed by atoms with Gasteiger partial charge in [0, 0.05) is 12.5 Å². The van der Waals surface area contributed by atoms with Crippen LogP contribution in [-0.4, -0.2) is 34.1 Å². The quantitative estimate of drug-likeness (QED) is 0.580. The molecule has 7 heteroatoms. The third-order valence-electron chi connectivity index (χ3n) is 4.99. The van der Waals surface area contributed by atoms with Gasteiger partial charge in [0.05, 0.1) is 17.2 Å². The van der Waals surface area contributed by atoms with Crippen molar-refractivity contribution in [3.8, 4) is 0 Å². The van der Waals surface area contributed by atoms with Crippen LogP contribution in [0.5, 0.6) is 0 Å². The Hall–Kier alpha value is -3.48. The molecule has 0 radical (unpaired) electrons. The first kappa shape index (κ1) is 21.2. The lowest BCUT2D eigenvalue weighted by molar-refractivity contribution is -0.155. The van der Waals surface area contributed by atoms with Crippen molar-refractivity contribution in [1.29, 1.82) is 0 Å². The lowest BCUT2D eigenvalue weighted by atomic mass is 9.96. The second kappa shape index (κ2) is 9.82. The highest BCUT2D eigenvalue weighted by Crippen LogP contribution is 2.18. The van der Waals surface area contributed by atoms with Crippen LogP contribution in [0.15, 0.2) is 65.7 Å². The maximum Gasteiger partial charge on any atom is 0.326 e. The molecule has 3 aromatic rings. The Morgan fingerprint density at radius 1 is 1.10 bits per heavy atom. The number of aromatic nitrogens is 2. The zero-order valence-electron chi connectivity index (χ0n) is 17.1. The summed E-state index contributed by atoms with van der Waals surface area (Å²) in [5, 5.41) is 3.26. The number of ether oxygens (including phenoxy) is 1. The normalized spacial score (nSPS) is 12.9. The van der Waals surface area contributed by atoms with Crippen molar-refractivity contribution < 1.29 is 14.3 Å². The minimum absolute atomic E-state index is 0.181. The molecule has 0 fully saturated rings. The van der Waals surface area contributed by atoms with Gasteiger partial charge in [-0.2, -0.15) is 0 Å². The fourth-order valence-electron chi connectivity index (χ4n) is 3.24. The van der Waals surface area contributed by atoms with Gasteiger partial charge < -0.3 is 10.1 Å². The number of hydrogen-bond acceptors (Lipinski definition) is 5. The second-order valence-corrected chi connectivity index (χ2v) is 7.09. The largest absolute Gasteiger partial charge is 0.451 e. The summed E-state index contributed by atoms with van der Waals surface area (Å²) in [4.78, 5) is 41.2. The summed E-state index contributed by atoms with van der Waals surface area (Å²) in [6.07, 6.45) is 1.22. The molecule has 1 N–H and O–H groups in total. The van der Waals surface area contributed by atoms with E-state index in [0.29, 0.717) is 17.4 Å². The molecular formula is C23H25N3O4. The number of carbonyl (C=O) groups is 2. The summed E-state index contributed by atoms with van der Waals surface area (Å²) in [5.74, 6) is -0.867. The minimum Gasteiger partial charge on any atom is -0.451 e. The smallest absolute Gasteiger partial charge is 0.326 e. The Kier molecular flexibility index (Phi) is 6.95. The first-order chi connectivity index (χ1) is 14.5. The van der Waals surface area contributed by atoms with Crippen LogP contribution in [0.2, 0.25) is 0 Å². The van der Waals surface area contributed by atoms with E-state index in [1.54, 1.807) is 24.3 Å². The fourth-order valence-corrected chi connectivity index (χ4v) is 3.24. The van der Waals surface area contributed by atoms with Crippen molar-refractivity contribution in [2.75, 3.05) is 6.54 Å². The lowest BCUT2D eigenvalue weighted by Gasteiger charge is -2.18. The first-order valence-electron chi connectivity index (χ1n) is 9.96. The van der Waals surface area contributed by atoms with Crippen LogP contribution in [0, 0.1) is 0 Å². The van der Waals surface area contributed by atoms with Crippen LogP contribution in [0.25, 0.3) is 10.9 Å². The Balaban J connectivity index is 1.55. The van der Waals surface area contributed by atoms with Crippen LogP contribution < -0.4 is 10.9 Å². The van der Waals surface area contributed by atoms with E-state index in [1.807, 2.05) is 30.3 Å². The number of esters is 1. The van der Waals surface area contributed by atoms with Crippen LogP contribution in [0.4, 0.5) is 0 Å². The van der Waals surface area contributed by atoms with Crippen LogP contribution in [0.3, 0.4) is 0 Å². The second-order valence-electron chi connectivity index (χ2n) is 7.09. The molecule has 156 valence electrons. The number of benzene rings is 2. The topological polar surface area (TPSA) is 90.3 Å². The maximum atomic E-state index is 12.5. The van der Waals surface area contributed by atoms with E-state index in [0.717, 1.165) is 12.0 Å². The molecule has 2 atom stereocenters. The summed E-state index contributed by atoms with van der Waals surface area (Å²) in [5.41, 5.74) is 1.38. The standard InChI is InChI=1S/C23H25N3O4/c1-3-17(18-9-5-4-6-10-18)13-24-22(28)16(2)30-21(27)14-26-15-25-20-12-8-7-11-19(20)23(26)29/h4-12,15-17H,3,13-14H2,1-2H3,(H,24,28)/t16-,17-/m1/s1. The fraction of sp³-hybridized carbons (Fsp3) is 0.304. The predicted octanol–water partition coefficient (Wildman–Crippen LogP) is 2.64. The number of fused-ring (bicyclic) bond motifs is 1. The van der Waals surface area contributed by atoms with Gasteiger partial charge in [0.2, 0.25) is 0 Å². The molecule has 0 spiro atoms. The summed E-state index contributed by atoms with van der Waals surface area (Å²) in [6.45, 7) is 3.71. The van der Waals surface area contributed by atoms with E-state index < -0.39 is 12.1 Å². The Bertz CT molecular complexity index is 1080. The third-order valence-corrected chi connectivity index (χ3v) is 4.99. The van der Waals surface area contributed by atoms with Crippen molar-refractivity contribution in [2.24, 2.45) is 0 Å². The molecule has 1 heterocycles. The molecule has 0 unspecified atom stereocenters. The van der Waals surface area contributed by atoms with Crippen molar-refractivity contribution >= 4 is 22.8 Å². The molecule has 0 bridgehead atoms. The number of carbonyl (C=O) groups excluding carboxylic acids is 2. The zero-order chi connectivity index (χ0) is 21.5. The molecular weight excluding hydrogens is 382 g/mol.